The van der Waals surface area contributed by atoms with Crippen LogP contribution in [0.4, 0.5) is 0 Å². The maximum atomic E-state index is 8.43. The average Bonchev–Trinajstić information content (AvgIpc) is 2.96. The normalized spacial score (nSPS) is 11.8. The van der Waals surface area contributed by atoms with Gasteiger partial charge in [0, 0.05) is 18.7 Å². The standard InChI is InChI=1S/C14H15N3O2/c1-11(16-10-13-6-8-19-17-13)12-2-4-14(5-3-12)18-9-7-15/h2-6,8,11,16H,9-10H2,1H3. The number of hydrogen-bond acceptors (Lipinski definition) is 5. The molecule has 0 amide bonds. The minimum Gasteiger partial charge on any atom is -0.479 e. The van der Waals surface area contributed by atoms with E-state index in [0.717, 1.165) is 11.3 Å². The molecule has 1 aromatic carbocycles. The Morgan fingerprint density at radius 3 is 2.79 bits per heavy atom. The molecule has 2 rings (SSSR count). The van der Waals surface area contributed by atoms with E-state index in [0.29, 0.717) is 12.3 Å². The number of nitrogens with zero attached hydrogens (tertiary/aromatic N) is 2. The number of ether oxygens (including phenoxy) is 1. The summed E-state index contributed by atoms with van der Waals surface area (Å²) in [5, 5.41) is 15.6. The first kappa shape index (κ1) is 13.1. The van der Waals surface area contributed by atoms with Crippen molar-refractivity contribution in [3.63, 3.8) is 0 Å². The quantitative estimate of drug-likeness (QED) is 0.860. The Hall–Kier alpha value is -2.32. The first-order chi connectivity index (χ1) is 9.29. The molecule has 19 heavy (non-hydrogen) atoms. The third-order valence-corrected chi connectivity index (χ3v) is 2.76. The largest absolute Gasteiger partial charge is 0.479 e. The third kappa shape index (κ3) is 3.83. The monoisotopic (exact) mass is 257 g/mol. The summed E-state index contributed by atoms with van der Waals surface area (Å²) in [6, 6.07) is 11.6. The highest BCUT2D eigenvalue weighted by Gasteiger charge is 2.06. The van der Waals surface area contributed by atoms with Crippen molar-refractivity contribution >= 4 is 0 Å². The van der Waals surface area contributed by atoms with Crippen molar-refractivity contribution in [2.45, 2.75) is 19.5 Å². The summed E-state index contributed by atoms with van der Waals surface area (Å²) < 4.78 is 9.98. The van der Waals surface area contributed by atoms with Gasteiger partial charge >= 0.3 is 0 Å². The molecule has 1 heterocycles. The number of nitriles is 1. The first-order valence-corrected chi connectivity index (χ1v) is 6.02. The molecule has 5 nitrogen and oxygen atoms in total. The van der Waals surface area contributed by atoms with Crippen LogP contribution in [0, 0.1) is 11.3 Å². The van der Waals surface area contributed by atoms with Crippen LogP contribution in [-0.2, 0) is 6.54 Å². The molecule has 98 valence electrons. The second-order valence-electron chi connectivity index (χ2n) is 4.11. The molecule has 1 N–H and O–H groups in total. The van der Waals surface area contributed by atoms with Gasteiger partial charge in [0.15, 0.2) is 6.61 Å². The highest BCUT2D eigenvalue weighted by molar-refractivity contribution is 5.29. The summed E-state index contributed by atoms with van der Waals surface area (Å²) in [7, 11) is 0. The van der Waals surface area contributed by atoms with Crippen LogP contribution >= 0.6 is 0 Å². The summed E-state index contributed by atoms with van der Waals surface area (Å²) in [6.07, 6.45) is 1.56. The van der Waals surface area contributed by atoms with E-state index in [2.05, 4.69) is 17.4 Å². The van der Waals surface area contributed by atoms with Gasteiger partial charge in [0.2, 0.25) is 0 Å². The van der Waals surface area contributed by atoms with E-state index < -0.39 is 0 Å². The van der Waals surface area contributed by atoms with E-state index in [1.165, 1.54) is 0 Å². The van der Waals surface area contributed by atoms with E-state index in [4.69, 9.17) is 14.5 Å². The minimum absolute atomic E-state index is 0.0688. The van der Waals surface area contributed by atoms with Gasteiger partial charge in [-0.1, -0.05) is 17.3 Å². The topological polar surface area (TPSA) is 71.1 Å². The fourth-order valence-electron chi connectivity index (χ4n) is 1.67. The van der Waals surface area contributed by atoms with Crippen molar-refractivity contribution in [2.24, 2.45) is 0 Å². The molecule has 0 aliphatic carbocycles. The Balaban J connectivity index is 1.88. The molecule has 0 aliphatic heterocycles. The van der Waals surface area contributed by atoms with E-state index in [-0.39, 0.29) is 12.6 Å². The zero-order valence-corrected chi connectivity index (χ0v) is 10.7. The van der Waals surface area contributed by atoms with Gasteiger partial charge in [-0.3, -0.25) is 0 Å². The van der Waals surface area contributed by atoms with Gasteiger partial charge in [-0.05, 0) is 24.6 Å². The van der Waals surface area contributed by atoms with E-state index >= 15 is 0 Å². The summed E-state index contributed by atoms with van der Waals surface area (Å²) >= 11 is 0. The van der Waals surface area contributed by atoms with Crippen LogP contribution < -0.4 is 10.1 Å². The lowest BCUT2D eigenvalue weighted by Crippen LogP contribution is -2.18. The van der Waals surface area contributed by atoms with Gasteiger partial charge in [0.25, 0.3) is 0 Å². The number of nitrogens with one attached hydrogen (secondary N) is 1. The van der Waals surface area contributed by atoms with Crippen LogP contribution in [-0.4, -0.2) is 11.8 Å². The lowest BCUT2D eigenvalue weighted by Gasteiger charge is -2.13. The zero-order valence-electron chi connectivity index (χ0n) is 10.7. The lowest BCUT2D eigenvalue weighted by atomic mass is 10.1. The number of rotatable bonds is 6. The molecule has 0 saturated heterocycles. The second kappa shape index (κ2) is 6.57. The average molecular weight is 257 g/mol. The molecule has 1 atom stereocenters. The van der Waals surface area contributed by atoms with E-state index in [1.807, 2.05) is 36.4 Å². The number of hydrogen-bond donors (Lipinski definition) is 1. The summed E-state index contributed by atoms with van der Waals surface area (Å²) in [4.78, 5) is 0. The molecule has 1 unspecified atom stereocenters. The van der Waals surface area contributed by atoms with Crippen LogP contribution in [0.15, 0.2) is 41.1 Å². The minimum atomic E-state index is 0.0688. The molecule has 0 bridgehead atoms. The van der Waals surface area contributed by atoms with Crippen molar-refractivity contribution in [2.75, 3.05) is 6.61 Å². The molecular formula is C14H15N3O2. The first-order valence-electron chi connectivity index (χ1n) is 6.02. The van der Waals surface area contributed by atoms with Gasteiger partial charge in [-0.15, -0.1) is 0 Å². The SMILES string of the molecule is CC(NCc1ccon1)c1ccc(OCC#N)cc1. The van der Waals surface area contributed by atoms with Crippen molar-refractivity contribution in [1.29, 1.82) is 5.26 Å². The van der Waals surface area contributed by atoms with E-state index in [1.54, 1.807) is 6.26 Å². The van der Waals surface area contributed by atoms with Crippen molar-refractivity contribution in [3.8, 4) is 11.8 Å². The Labute approximate surface area is 111 Å². The predicted octanol–water partition coefficient (Wildman–Crippen LogP) is 2.43. The van der Waals surface area contributed by atoms with Gasteiger partial charge in [-0.25, -0.2) is 0 Å². The molecule has 0 aliphatic rings. The third-order valence-electron chi connectivity index (χ3n) is 2.76. The molecule has 1 aromatic heterocycles. The van der Waals surface area contributed by atoms with Gasteiger partial charge < -0.3 is 14.6 Å². The smallest absolute Gasteiger partial charge is 0.174 e. The van der Waals surface area contributed by atoms with Crippen molar-refractivity contribution in [3.05, 3.63) is 47.9 Å². The van der Waals surface area contributed by atoms with Crippen molar-refractivity contribution in [1.82, 2.24) is 10.5 Å². The zero-order chi connectivity index (χ0) is 13.5. The highest BCUT2D eigenvalue weighted by Crippen LogP contribution is 2.17. The summed E-state index contributed by atoms with van der Waals surface area (Å²) in [5.74, 6) is 0.703. The Kier molecular flexibility index (Phi) is 4.54. The predicted molar refractivity (Wildman–Crippen MR) is 69.3 cm³/mol. The number of aromatic nitrogens is 1. The highest BCUT2D eigenvalue weighted by atomic mass is 16.5. The van der Waals surface area contributed by atoms with Gasteiger partial charge in [-0.2, -0.15) is 5.26 Å². The van der Waals surface area contributed by atoms with Gasteiger partial charge in [0.1, 0.15) is 18.1 Å². The van der Waals surface area contributed by atoms with Crippen LogP contribution in [0.3, 0.4) is 0 Å². The molecule has 0 saturated carbocycles. The van der Waals surface area contributed by atoms with Gasteiger partial charge in [0.05, 0.1) is 5.69 Å². The Morgan fingerprint density at radius 1 is 1.37 bits per heavy atom. The van der Waals surface area contributed by atoms with E-state index in [9.17, 15) is 0 Å². The molecule has 0 fully saturated rings. The second-order valence-corrected chi connectivity index (χ2v) is 4.11. The maximum Gasteiger partial charge on any atom is 0.174 e. The molecular weight excluding hydrogens is 242 g/mol. The van der Waals surface area contributed by atoms with Crippen LogP contribution in [0.5, 0.6) is 5.75 Å². The maximum absolute atomic E-state index is 8.43. The van der Waals surface area contributed by atoms with Crippen molar-refractivity contribution < 1.29 is 9.26 Å². The van der Waals surface area contributed by atoms with Crippen LogP contribution in [0.25, 0.3) is 0 Å². The van der Waals surface area contributed by atoms with Crippen LogP contribution in [0.2, 0.25) is 0 Å². The summed E-state index contributed by atoms with van der Waals surface area (Å²) in [5.41, 5.74) is 2.02. The Bertz CT molecular complexity index is 529. The molecule has 0 radical (unpaired) electrons. The van der Waals surface area contributed by atoms with Crippen LogP contribution in [0.1, 0.15) is 24.2 Å². The number of benzene rings is 1. The molecule has 5 heteroatoms. The molecule has 2 aromatic rings. The lowest BCUT2D eigenvalue weighted by molar-refractivity contribution is 0.368. The fourth-order valence-corrected chi connectivity index (χ4v) is 1.67. The fraction of sp³-hybridized carbons (Fsp3) is 0.286. The molecule has 0 spiro atoms. The Morgan fingerprint density at radius 2 is 2.16 bits per heavy atom. The summed E-state index contributed by atoms with van der Waals surface area (Å²) in [6.45, 7) is 2.80.